The Morgan fingerprint density at radius 3 is 2.94 bits per heavy atom. The molecule has 5 nitrogen and oxygen atoms in total. The first-order valence-electron chi connectivity index (χ1n) is 5.51. The molecule has 1 fully saturated rings. The highest BCUT2D eigenvalue weighted by Gasteiger charge is 2.24. The first-order valence-corrected chi connectivity index (χ1v) is 8.48. The predicted molar refractivity (Wildman–Crippen MR) is 77.1 cm³/mol. The van der Waals surface area contributed by atoms with Gasteiger partial charge in [-0.3, -0.25) is 0 Å². The average molecular weight is 300 g/mol. The second-order valence-corrected chi connectivity index (χ2v) is 7.16. The van der Waals surface area contributed by atoms with Gasteiger partial charge in [0, 0.05) is 17.3 Å². The van der Waals surface area contributed by atoms with Gasteiger partial charge in [0.05, 0.1) is 16.5 Å². The van der Waals surface area contributed by atoms with Gasteiger partial charge >= 0.3 is 0 Å². The summed E-state index contributed by atoms with van der Waals surface area (Å²) in [5.41, 5.74) is 7.51. The van der Waals surface area contributed by atoms with Gasteiger partial charge in [-0.25, -0.2) is 0 Å². The highest BCUT2D eigenvalue weighted by Crippen LogP contribution is 2.37. The number of nitrogens with zero attached hydrogens (tertiary/aromatic N) is 3. The van der Waals surface area contributed by atoms with Crippen molar-refractivity contribution in [2.24, 2.45) is 0 Å². The van der Waals surface area contributed by atoms with Gasteiger partial charge in [0.2, 0.25) is 0 Å². The number of rotatable bonds is 2. The van der Waals surface area contributed by atoms with Crippen LogP contribution in [-0.2, 0) is 0 Å². The molecule has 96 valence electrons. The molecule has 1 aliphatic rings. The van der Waals surface area contributed by atoms with Gasteiger partial charge in [-0.05, 0) is 18.5 Å². The molecule has 1 aliphatic heterocycles. The minimum absolute atomic E-state index is 0.328. The Hall–Kier alpha value is -0.730. The molecule has 18 heavy (non-hydrogen) atoms. The molecule has 1 atom stereocenters. The topological polar surface area (TPSA) is 77.8 Å². The second kappa shape index (κ2) is 5.10. The van der Waals surface area contributed by atoms with Crippen LogP contribution in [0.1, 0.15) is 16.8 Å². The molecule has 1 saturated heterocycles. The van der Waals surface area contributed by atoms with E-state index in [0.717, 1.165) is 28.6 Å². The van der Waals surface area contributed by atoms with Crippen LogP contribution in [0.4, 0.5) is 5.00 Å². The van der Waals surface area contributed by atoms with Crippen LogP contribution in [0.3, 0.4) is 0 Å². The van der Waals surface area contributed by atoms with Crippen molar-refractivity contribution in [1.82, 2.24) is 14.5 Å². The summed E-state index contributed by atoms with van der Waals surface area (Å²) in [6.45, 7) is 1.90. The number of nitrogen functional groups attached to an aromatic ring is 1. The van der Waals surface area contributed by atoms with Crippen molar-refractivity contribution >= 4 is 40.1 Å². The Kier molecular flexibility index (Phi) is 3.49. The van der Waals surface area contributed by atoms with Crippen LogP contribution in [0.15, 0.2) is 4.52 Å². The Balaban J connectivity index is 1.89. The lowest BCUT2D eigenvalue weighted by molar-refractivity contribution is 0.423. The molecule has 3 rings (SSSR count). The van der Waals surface area contributed by atoms with E-state index in [1.165, 1.54) is 17.3 Å². The van der Waals surface area contributed by atoms with Crippen LogP contribution in [0.25, 0.3) is 11.5 Å². The minimum Gasteiger partial charge on any atom is -0.389 e. The van der Waals surface area contributed by atoms with E-state index in [1.54, 1.807) is 0 Å². The van der Waals surface area contributed by atoms with Crippen molar-refractivity contribution in [3.05, 3.63) is 11.5 Å². The SMILES string of the molecule is Cc1nsc(N)c1-c1nc(C2CSCCS2)no1. The fourth-order valence-electron chi connectivity index (χ4n) is 1.75. The highest BCUT2D eigenvalue weighted by molar-refractivity contribution is 8.06. The molecule has 1 unspecified atom stereocenters. The maximum atomic E-state index is 5.88. The van der Waals surface area contributed by atoms with Gasteiger partial charge in [0.15, 0.2) is 5.82 Å². The number of hydrogen-bond acceptors (Lipinski definition) is 8. The first kappa shape index (κ1) is 12.3. The smallest absolute Gasteiger partial charge is 0.262 e. The third-order valence-electron chi connectivity index (χ3n) is 2.65. The Bertz CT molecular complexity index is 528. The van der Waals surface area contributed by atoms with Gasteiger partial charge in [0.1, 0.15) is 5.00 Å². The van der Waals surface area contributed by atoms with Gasteiger partial charge in [-0.1, -0.05) is 5.16 Å². The summed E-state index contributed by atoms with van der Waals surface area (Å²) >= 11 is 5.08. The maximum Gasteiger partial charge on any atom is 0.262 e. The molecular weight excluding hydrogens is 288 g/mol. The summed E-state index contributed by atoms with van der Waals surface area (Å²) in [7, 11) is 0. The van der Waals surface area contributed by atoms with E-state index >= 15 is 0 Å². The fraction of sp³-hybridized carbons (Fsp3) is 0.500. The van der Waals surface area contributed by atoms with Crippen molar-refractivity contribution < 1.29 is 4.52 Å². The summed E-state index contributed by atoms with van der Waals surface area (Å²) < 4.78 is 9.52. The first-order chi connectivity index (χ1) is 8.75. The molecule has 0 amide bonds. The Morgan fingerprint density at radius 1 is 1.39 bits per heavy atom. The number of anilines is 1. The van der Waals surface area contributed by atoms with E-state index in [1.807, 2.05) is 30.4 Å². The van der Waals surface area contributed by atoms with Crippen LogP contribution in [0.2, 0.25) is 0 Å². The summed E-state index contributed by atoms with van der Waals surface area (Å²) in [6, 6.07) is 0. The lowest BCUT2D eigenvalue weighted by Gasteiger charge is -2.16. The van der Waals surface area contributed by atoms with Gasteiger partial charge in [0.25, 0.3) is 5.89 Å². The molecule has 0 aromatic carbocycles. The number of thioether (sulfide) groups is 2. The van der Waals surface area contributed by atoms with E-state index < -0.39 is 0 Å². The summed E-state index contributed by atoms with van der Waals surface area (Å²) in [5, 5.41) is 5.04. The second-order valence-electron chi connectivity index (χ2n) is 3.90. The molecule has 0 aliphatic carbocycles. The molecular formula is C10H12N4OS3. The Morgan fingerprint density at radius 2 is 2.28 bits per heavy atom. The van der Waals surface area contributed by atoms with E-state index in [-0.39, 0.29) is 0 Å². The number of hydrogen-bond donors (Lipinski definition) is 1. The van der Waals surface area contributed by atoms with E-state index in [2.05, 4.69) is 14.5 Å². The predicted octanol–water partition coefficient (Wildman–Crippen LogP) is 2.60. The lowest BCUT2D eigenvalue weighted by atomic mass is 10.2. The zero-order valence-electron chi connectivity index (χ0n) is 9.75. The number of aryl methyl sites for hydroxylation is 1. The van der Waals surface area contributed by atoms with Gasteiger partial charge < -0.3 is 10.3 Å². The van der Waals surface area contributed by atoms with Gasteiger partial charge in [-0.15, -0.1) is 11.8 Å². The molecule has 0 radical (unpaired) electrons. The monoisotopic (exact) mass is 300 g/mol. The van der Waals surface area contributed by atoms with E-state index in [9.17, 15) is 0 Å². The molecule has 2 N–H and O–H groups in total. The lowest BCUT2D eigenvalue weighted by Crippen LogP contribution is -2.07. The van der Waals surface area contributed by atoms with Crippen molar-refractivity contribution in [1.29, 1.82) is 0 Å². The van der Waals surface area contributed by atoms with E-state index in [0.29, 0.717) is 16.1 Å². The van der Waals surface area contributed by atoms with Crippen LogP contribution < -0.4 is 5.73 Å². The van der Waals surface area contributed by atoms with Crippen molar-refractivity contribution in [2.45, 2.75) is 12.2 Å². The molecule has 3 heterocycles. The van der Waals surface area contributed by atoms with E-state index in [4.69, 9.17) is 10.3 Å². The normalized spacial score (nSPS) is 20.2. The zero-order valence-corrected chi connectivity index (χ0v) is 12.2. The van der Waals surface area contributed by atoms with Crippen LogP contribution in [0.5, 0.6) is 0 Å². The van der Waals surface area contributed by atoms with Crippen LogP contribution in [-0.4, -0.2) is 31.8 Å². The minimum atomic E-state index is 0.328. The fourth-order valence-corrected chi connectivity index (χ4v) is 4.99. The summed E-state index contributed by atoms with van der Waals surface area (Å²) in [5.74, 6) is 4.64. The van der Waals surface area contributed by atoms with Crippen LogP contribution in [0, 0.1) is 6.92 Å². The number of aromatic nitrogens is 3. The number of nitrogens with two attached hydrogens (primary N) is 1. The van der Waals surface area contributed by atoms with Crippen molar-refractivity contribution in [3.8, 4) is 11.5 Å². The molecule has 0 saturated carbocycles. The summed E-state index contributed by atoms with van der Waals surface area (Å²) in [6.07, 6.45) is 0. The third-order valence-corrected chi connectivity index (χ3v) is 6.17. The molecule has 8 heteroatoms. The standard InChI is InChI=1S/C10H12N4OS3/c1-5-7(8(11)18-14-5)10-12-9(13-15-10)6-4-16-2-3-17-6/h6H,2-4,11H2,1H3. The van der Waals surface area contributed by atoms with Crippen molar-refractivity contribution in [2.75, 3.05) is 23.0 Å². The Labute approximate surface area is 117 Å². The van der Waals surface area contributed by atoms with Gasteiger partial charge in [-0.2, -0.15) is 21.1 Å². The molecule has 0 spiro atoms. The maximum absolute atomic E-state index is 5.88. The largest absolute Gasteiger partial charge is 0.389 e. The highest BCUT2D eigenvalue weighted by atomic mass is 32.2. The summed E-state index contributed by atoms with van der Waals surface area (Å²) in [4.78, 5) is 4.47. The van der Waals surface area contributed by atoms with Crippen LogP contribution >= 0.6 is 35.1 Å². The zero-order chi connectivity index (χ0) is 12.5. The molecule has 2 aromatic rings. The molecule has 2 aromatic heterocycles. The third kappa shape index (κ3) is 2.24. The quantitative estimate of drug-likeness (QED) is 0.913. The molecule has 0 bridgehead atoms. The van der Waals surface area contributed by atoms with Crippen molar-refractivity contribution in [3.63, 3.8) is 0 Å². The average Bonchev–Trinajstić information content (AvgIpc) is 2.98.